The van der Waals surface area contributed by atoms with Gasteiger partial charge in [0.25, 0.3) is 0 Å². The lowest BCUT2D eigenvalue weighted by atomic mass is 10.2. The molecule has 0 fully saturated rings. The molecule has 2 rings (SSSR count). The summed E-state index contributed by atoms with van der Waals surface area (Å²) in [4.78, 5) is 5.66. The standard InChI is InChI=1S/C10H13N3S2/c1-3-8-4-5-14-9(8)6-11-10-12-7(2)13-15-10/h4-5H,3,6H2,1-2H3,(H,11,12,13). The Morgan fingerprint density at radius 2 is 2.33 bits per heavy atom. The number of hydrogen-bond acceptors (Lipinski definition) is 5. The fourth-order valence-electron chi connectivity index (χ4n) is 1.36. The molecule has 0 atom stereocenters. The van der Waals surface area contributed by atoms with Gasteiger partial charge < -0.3 is 5.32 Å². The molecule has 0 radical (unpaired) electrons. The van der Waals surface area contributed by atoms with Crippen molar-refractivity contribution in [1.29, 1.82) is 0 Å². The van der Waals surface area contributed by atoms with Gasteiger partial charge in [0.05, 0.1) is 6.54 Å². The van der Waals surface area contributed by atoms with E-state index in [2.05, 4.69) is 33.0 Å². The van der Waals surface area contributed by atoms with Gasteiger partial charge in [-0.05, 0) is 30.4 Å². The van der Waals surface area contributed by atoms with Gasteiger partial charge in [-0.3, -0.25) is 0 Å². The summed E-state index contributed by atoms with van der Waals surface area (Å²) in [6.07, 6.45) is 1.09. The van der Waals surface area contributed by atoms with Crippen molar-refractivity contribution in [2.45, 2.75) is 26.8 Å². The van der Waals surface area contributed by atoms with Gasteiger partial charge in [-0.25, -0.2) is 4.98 Å². The van der Waals surface area contributed by atoms with Gasteiger partial charge in [0, 0.05) is 16.4 Å². The van der Waals surface area contributed by atoms with Crippen molar-refractivity contribution in [3.05, 3.63) is 27.7 Å². The van der Waals surface area contributed by atoms with Crippen molar-refractivity contribution in [3.8, 4) is 0 Å². The molecular formula is C10H13N3S2. The molecule has 0 aliphatic heterocycles. The fourth-order valence-corrected chi connectivity index (χ4v) is 2.85. The highest BCUT2D eigenvalue weighted by Crippen LogP contribution is 2.19. The molecule has 1 N–H and O–H groups in total. The van der Waals surface area contributed by atoms with Gasteiger partial charge >= 0.3 is 0 Å². The SMILES string of the molecule is CCc1ccsc1CNc1nc(C)ns1. The topological polar surface area (TPSA) is 37.8 Å². The predicted octanol–water partition coefficient (Wildman–Crippen LogP) is 3.08. The monoisotopic (exact) mass is 239 g/mol. The second-order valence-electron chi connectivity index (χ2n) is 3.22. The Balaban J connectivity index is 1.98. The lowest BCUT2D eigenvalue weighted by Crippen LogP contribution is -1.99. The van der Waals surface area contributed by atoms with Crippen LogP contribution in [0.3, 0.4) is 0 Å². The molecule has 3 nitrogen and oxygen atoms in total. The summed E-state index contributed by atoms with van der Waals surface area (Å²) >= 11 is 3.21. The molecule has 0 spiro atoms. The lowest BCUT2D eigenvalue weighted by Gasteiger charge is -2.01. The van der Waals surface area contributed by atoms with Crippen LogP contribution in [0.15, 0.2) is 11.4 Å². The Bertz CT molecular complexity index is 433. The van der Waals surface area contributed by atoms with Gasteiger partial charge in [0.2, 0.25) is 5.13 Å². The van der Waals surface area contributed by atoms with Gasteiger partial charge in [-0.1, -0.05) is 6.92 Å². The molecule has 0 bridgehead atoms. The van der Waals surface area contributed by atoms with Crippen LogP contribution < -0.4 is 5.32 Å². The molecule has 2 aromatic rings. The number of aryl methyl sites for hydroxylation is 2. The Hall–Kier alpha value is -0.940. The van der Waals surface area contributed by atoms with E-state index in [4.69, 9.17) is 0 Å². The maximum atomic E-state index is 4.27. The van der Waals surface area contributed by atoms with Crippen molar-refractivity contribution < 1.29 is 0 Å². The van der Waals surface area contributed by atoms with Crippen molar-refractivity contribution in [2.24, 2.45) is 0 Å². The van der Waals surface area contributed by atoms with Crippen LogP contribution in [0.1, 0.15) is 23.2 Å². The van der Waals surface area contributed by atoms with Gasteiger partial charge in [0.15, 0.2) is 0 Å². The number of thiophene rings is 1. The maximum Gasteiger partial charge on any atom is 0.202 e. The summed E-state index contributed by atoms with van der Waals surface area (Å²) < 4.78 is 4.13. The third kappa shape index (κ3) is 2.54. The molecule has 2 heterocycles. The molecule has 0 saturated carbocycles. The summed E-state index contributed by atoms with van der Waals surface area (Å²) in [5.74, 6) is 0.837. The summed E-state index contributed by atoms with van der Waals surface area (Å²) in [5, 5.41) is 6.34. The van der Waals surface area contributed by atoms with Crippen molar-refractivity contribution in [1.82, 2.24) is 9.36 Å². The minimum atomic E-state index is 0.837. The molecule has 5 heteroatoms. The highest BCUT2D eigenvalue weighted by molar-refractivity contribution is 7.10. The zero-order chi connectivity index (χ0) is 10.7. The summed E-state index contributed by atoms with van der Waals surface area (Å²) in [6, 6.07) is 2.19. The smallest absolute Gasteiger partial charge is 0.202 e. The highest BCUT2D eigenvalue weighted by Gasteiger charge is 2.04. The first-order valence-electron chi connectivity index (χ1n) is 4.89. The fraction of sp³-hybridized carbons (Fsp3) is 0.400. The average Bonchev–Trinajstić information content (AvgIpc) is 2.83. The van der Waals surface area contributed by atoms with Gasteiger partial charge in [-0.15, -0.1) is 11.3 Å². The minimum Gasteiger partial charge on any atom is -0.355 e. The van der Waals surface area contributed by atoms with Crippen LogP contribution in [0.25, 0.3) is 0 Å². The second-order valence-corrected chi connectivity index (χ2v) is 4.98. The Labute approximate surface area is 97.4 Å². The van der Waals surface area contributed by atoms with E-state index in [9.17, 15) is 0 Å². The van der Waals surface area contributed by atoms with Crippen molar-refractivity contribution >= 4 is 28.0 Å². The zero-order valence-electron chi connectivity index (χ0n) is 8.78. The quantitative estimate of drug-likeness (QED) is 0.891. The normalized spacial score (nSPS) is 10.5. The highest BCUT2D eigenvalue weighted by atomic mass is 32.1. The first-order valence-corrected chi connectivity index (χ1v) is 6.54. The average molecular weight is 239 g/mol. The summed E-state index contributed by atoms with van der Waals surface area (Å²) in [6.45, 7) is 4.94. The number of nitrogens with zero attached hydrogens (tertiary/aromatic N) is 2. The van der Waals surface area contributed by atoms with E-state index in [1.165, 1.54) is 22.0 Å². The van der Waals surface area contributed by atoms with Crippen molar-refractivity contribution in [3.63, 3.8) is 0 Å². The second kappa shape index (κ2) is 4.72. The van der Waals surface area contributed by atoms with Crippen LogP contribution in [0, 0.1) is 6.92 Å². The van der Waals surface area contributed by atoms with E-state index < -0.39 is 0 Å². The molecule has 0 aliphatic rings. The van der Waals surface area contributed by atoms with E-state index in [-0.39, 0.29) is 0 Å². The first-order chi connectivity index (χ1) is 7.29. The molecule has 0 amide bonds. The molecule has 0 unspecified atom stereocenters. The van der Waals surface area contributed by atoms with Crippen LogP contribution in [0.4, 0.5) is 5.13 Å². The predicted molar refractivity (Wildman–Crippen MR) is 65.7 cm³/mol. The molecule has 2 aromatic heterocycles. The van der Waals surface area contributed by atoms with E-state index in [0.717, 1.165) is 23.9 Å². The van der Waals surface area contributed by atoms with Crippen LogP contribution >= 0.6 is 22.9 Å². The van der Waals surface area contributed by atoms with E-state index >= 15 is 0 Å². The summed E-state index contributed by atoms with van der Waals surface area (Å²) in [7, 11) is 0. The van der Waals surface area contributed by atoms with Crippen LogP contribution in [-0.4, -0.2) is 9.36 Å². The molecular weight excluding hydrogens is 226 g/mol. The van der Waals surface area contributed by atoms with Gasteiger partial charge in [-0.2, -0.15) is 4.37 Å². The minimum absolute atomic E-state index is 0.837. The summed E-state index contributed by atoms with van der Waals surface area (Å²) in [5.41, 5.74) is 1.42. The largest absolute Gasteiger partial charge is 0.355 e. The Morgan fingerprint density at radius 3 is 3.00 bits per heavy atom. The Kier molecular flexibility index (Phi) is 3.33. The van der Waals surface area contributed by atoms with Crippen molar-refractivity contribution in [2.75, 3.05) is 5.32 Å². The number of anilines is 1. The number of rotatable bonds is 4. The maximum absolute atomic E-state index is 4.27. The van der Waals surface area contributed by atoms with Crippen LogP contribution in [0.5, 0.6) is 0 Å². The first kappa shape index (κ1) is 10.6. The zero-order valence-corrected chi connectivity index (χ0v) is 10.4. The molecule has 0 aliphatic carbocycles. The van der Waals surface area contributed by atoms with E-state index in [0.29, 0.717) is 0 Å². The third-order valence-electron chi connectivity index (χ3n) is 2.15. The van der Waals surface area contributed by atoms with Gasteiger partial charge in [0.1, 0.15) is 5.82 Å². The third-order valence-corrected chi connectivity index (χ3v) is 3.87. The molecule has 15 heavy (non-hydrogen) atoms. The van der Waals surface area contributed by atoms with E-state index in [1.807, 2.05) is 6.92 Å². The number of nitrogens with one attached hydrogen (secondary N) is 1. The van der Waals surface area contributed by atoms with Crippen LogP contribution in [0.2, 0.25) is 0 Å². The Morgan fingerprint density at radius 1 is 1.47 bits per heavy atom. The van der Waals surface area contributed by atoms with E-state index in [1.54, 1.807) is 11.3 Å². The molecule has 80 valence electrons. The molecule has 0 saturated heterocycles. The molecule has 0 aromatic carbocycles. The number of hydrogen-bond donors (Lipinski definition) is 1. The van der Waals surface area contributed by atoms with Crippen LogP contribution in [-0.2, 0) is 13.0 Å². The number of aromatic nitrogens is 2. The lowest BCUT2D eigenvalue weighted by molar-refractivity contribution is 1.07.